The van der Waals surface area contributed by atoms with Gasteiger partial charge in [0.2, 0.25) is 0 Å². The van der Waals surface area contributed by atoms with Crippen molar-refractivity contribution in [3.05, 3.63) is 52.0 Å². The molecule has 136 valence electrons. The van der Waals surface area contributed by atoms with Gasteiger partial charge in [-0.3, -0.25) is 9.98 Å². The summed E-state index contributed by atoms with van der Waals surface area (Å²) in [6.45, 7) is 0.758. The van der Waals surface area contributed by atoms with E-state index in [2.05, 4.69) is 14.7 Å². The van der Waals surface area contributed by atoms with E-state index in [9.17, 15) is 13.5 Å². The lowest BCUT2D eigenvalue weighted by atomic mass is 10.2. The van der Waals surface area contributed by atoms with E-state index >= 15 is 0 Å². The van der Waals surface area contributed by atoms with Crippen molar-refractivity contribution in [1.29, 1.82) is 0 Å². The Kier molecular flexibility index (Phi) is 5.50. The average Bonchev–Trinajstić information content (AvgIpc) is 3.09. The van der Waals surface area contributed by atoms with E-state index in [1.807, 2.05) is 0 Å². The van der Waals surface area contributed by atoms with E-state index in [0.717, 1.165) is 13.0 Å². The third-order valence-corrected chi connectivity index (χ3v) is 5.63. The first-order valence-electron chi connectivity index (χ1n) is 7.80. The van der Waals surface area contributed by atoms with Crippen molar-refractivity contribution >= 4 is 51.0 Å². The number of halogens is 2. The summed E-state index contributed by atoms with van der Waals surface area (Å²) >= 11 is 11.8. The van der Waals surface area contributed by atoms with Crippen molar-refractivity contribution in [2.24, 2.45) is 4.99 Å². The third-order valence-electron chi connectivity index (χ3n) is 3.74. The van der Waals surface area contributed by atoms with Gasteiger partial charge < -0.3 is 5.11 Å². The Bertz CT molecular complexity index is 1000. The zero-order valence-electron chi connectivity index (χ0n) is 13.5. The molecule has 0 radical (unpaired) electrons. The number of phenols is 1. The molecule has 2 aromatic rings. The topological polar surface area (TPSA) is 92.7 Å². The number of benzene rings is 2. The summed E-state index contributed by atoms with van der Waals surface area (Å²) in [6, 6.07) is 9.11. The molecule has 26 heavy (non-hydrogen) atoms. The minimum absolute atomic E-state index is 0.0988. The molecule has 1 aliphatic rings. The molecule has 0 aromatic heterocycles. The van der Waals surface area contributed by atoms with Crippen LogP contribution in [0, 0.1) is 0 Å². The minimum atomic E-state index is -3.69. The first kappa shape index (κ1) is 18.7. The summed E-state index contributed by atoms with van der Waals surface area (Å²) in [5.41, 5.74) is 0.743. The van der Waals surface area contributed by atoms with Crippen LogP contribution in [0.15, 0.2) is 46.3 Å². The van der Waals surface area contributed by atoms with Gasteiger partial charge in [0.1, 0.15) is 10.6 Å². The minimum Gasteiger partial charge on any atom is -0.506 e. The summed E-state index contributed by atoms with van der Waals surface area (Å²) in [7, 11) is -3.69. The zero-order chi connectivity index (χ0) is 18.7. The molecule has 3 rings (SSSR count). The molecule has 3 N–H and O–H groups in total. The Morgan fingerprint density at radius 2 is 2.04 bits per heavy atom. The third kappa shape index (κ3) is 4.35. The van der Waals surface area contributed by atoms with Crippen molar-refractivity contribution < 1.29 is 18.5 Å². The molecule has 0 aliphatic carbocycles. The largest absolute Gasteiger partial charge is 0.506 e. The van der Waals surface area contributed by atoms with Gasteiger partial charge in [-0.05, 0) is 36.8 Å². The molecule has 1 aliphatic heterocycles. The number of hydrogen-bond donors (Lipinski definition) is 3. The molecular formula is C17H16Cl2N3O3S+. The lowest BCUT2D eigenvalue weighted by Gasteiger charge is -2.04. The maximum Gasteiger partial charge on any atom is 0.328 e. The second-order valence-corrected chi connectivity index (χ2v) is 8.22. The molecule has 1 heterocycles. The van der Waals surface area contributed by atoms with E-state index < -0.39 is 10.0 Å². The van der Waals surface area contributed by atoms with Crippen LogP contribution in [0.4, 0.5) is 5.69 Å². The van der Waals surface area contributed by atoms with Crippen LogP contribution in [0.25, 0.3) is 0 Å². The Morgan fingerprint density at radius 1 is 1.23 bits per heavy atom. The van der Waals surface area contributed by atoms with Crippen LogP contribution in [0.5, 0.6) is 5.75 Å². The highest BCUT2D eigenvalue weighted by atomic mass is 35.5. The second kappa shape index (κ2) is 7.65. The molecule has 0 fully saturated rings. The molecule has 0 unspecified atom stereocenters. The Morgan fingerprint density at radius 3 is 2.77 bits per heavy atom. The molecule has 0 amide bonds. The Hall–Kier alpha value is -2.09. The summed E-state index contributed by atoms with van der Waals surface area (Å²) < 4.78 is 27.5. The molecule has 0 bridgehead atoms. The van der Waals surface area contributed by atoms with Crippen molar-refractivity contribution in [3.8, 4) is 5.75 Å². The van der Waals surface area contributed by atoms with Crippen LogP contribution >= 0.6 is 23.2 Å². The lowest BCUT2D eigenvalue weighted by Crippen LogP contribution is -2.72. The van der Waals surface area contributed by atoms with Gasteiger partial charge in [-0.2, -0.15) is 13.1 Å². The highest BCUT2D eigenvalue weighted by molar-refractivity contribution is 7.90. The number of hydrogen-bond acceptors (Lipinski definition) is 4. The summed E-state index contributed by atoms with van der Waals surface area (Å²) in [5, 5.41) is 10.4. The van der Waals surface area contributed by atoms with Crippen LogP contribution in [-0.2, 0) is 10.0 Å². The molecular weight excluding hydrogens is 397 g/mol. The standard InChI is InChI=1S/C17H15Cl2N3O3S/c18-12-7-11(17(23)15(19)8-12)10-21-13-3-1-4-14(9-13)26(24,25)22-16-5-2-6-20-16/h1,3-4,7-10,23H,2,5-6H2,(H,20,22)/p+1. The zero-order valence-corrected chi connectivity index (χ0v) is 15.9. The number of aromatic hydroxyl groups is 1. The fraction of sp³-hybridized carbons (Fsp3) is 0.176. The number of rotatable bonds is 4. The summed E-state index contributed by atoms with van der Waals surface area (Å²) in [5.74, 6) is 0.450. The van der Waals surface area contributed by atoms with Gasteiger partial charge in [0, 0.05) is 16.8 Å². The monoisotopic (exact) mass is 412 g/mol. The van der Waals surface area contributed by atoms with Gasteiger partial charge in [-0.1, -0.05) is 29.3 Å². The quantitative estimate of drug-likeness (QED) is 0.670. The molecule has 6 nitrogen and oxygen atoms in total. The molecule has 0 spiro atoms. The molecule has 0 atom stereocenters. The predicted octanol–water partition coefficient (Wildman–Crippen LogP) is 2.00. The van der Waals surface area contributed by atoms with Crippen LogP contribution in [0.1, 0.15) is 18.4 Å². The molecule has 2 aromatic carbocycles. The SMILES string of the molecule is O=S(=O)(NC1=[NH+]CCC1)c1cccc(N=Cc2cc(Cl)cc(Cl)c2O)c1. The van der Waals surface area contributed by atoms with Gasteiger partial charge in [0.15, 0.2) is 0 Å². The molecule has 0 saturated heterocycles. The summed E-state index contributed by atoms with van der Waals surface area (Å²) in [4.78, 5) is 7.31. The van der Waals surface area contributed by atoms with Crippen molar-refractivity contribution in [3.63, 3.8) is 0 Å². The van der Waals surface area contributed by atoms with Gasteiger partial charge >= 0.3 is 10.0 Å². The predicted molar refractivity (Wildman–Crippen MR) is 102 cm³/mol. The molecule has 9 heteroatoms. The van der Waals surface area contributed by atoms with E-state index in [0.29, 0.717) is 28.5 Å². The van der Waals surface area contributed by atoms with Crippen LogP contribution < -0.4 is 9.71 Å². The number of nitrogens with one attached hydrogen (secondary N) is 2. The van der Waals surface area contributed by atoms with Crippen molar-refractivity contribution in [2.75, 3.05) is 6.54 Å². The van der Waals surface area contributed by atoms with Crippen LogP contribution in [0.3, 0.4) is 0 Å². The first-order valence-corrected chi connectivity index (χ1v) is 10.0. The van der Waals surface area contributed by atoms with Crippen molar-refractivity contribution in [2.45, 2.75) is 17.7 Å². The van der Waals surface area contributed by atoms with E-state index in [-0.39, 0.29) is 15.7 Å². The normalized spacial score (nSPS) is 14.6. The van der Waals surface area contributed by atoms with Gasteiger partial charge in [0.25, 0.3) is 5.84 Å². The highest BCUT2D eigenvalue weighted by Gasteiger charge is 2.24. The number of nitrogens with zero attached hydrogens (tertiary/aromatic N) is 1. The van der Waals surface area contributed by atoms with E-state index in [4.69, 9.17) is 23.2 Å². The van der Waals surface area contributed by atoms with Gasteiger partial charge in [-0.15, -0.1) is 0 Å². The van der Waals surface area contributed by atoms with Gasteiger partial charge in [-0.25, -0.2) is 0 Å². The number of amidine groups is 1. The fourth-order valence-electron chi connectivity index (χ4n) is 2.46. The maximum absolute atomic E-state index is 12.5. The fourth-order valence-corrected chi connectivity index (χ4v) is 4.12. The van der Waals surface area contributed by atoms with E-state index in [1.54, 1.807) is 12.1 Å². The number of sulfonamides is 1. The average molecular weight is 413 g/mol. The Labute approximate surface area is 161 Å². The number of aliphatic imine (C=N–C) groups is 1. The first-order chi connectivity index (χ1) is 12.3. The second-order valence-electron chi connectivity index (χ2n) is 5.70. The van der Waals surface area contributed by atoms with Gasteiger partial charge in [0.05, 0.1) is 23.7 Å². The maximum atomic E-state index is 12.5. The van der Waals surface area contributed by atoms with Crippen molar-refractivity contribution in [1.82, 2.24) is 4.72 Å². The Balaban J connectivity index is 1.86. The number of phenolic OH excluding ortho intramolecular Hbond substituents is 1. The van der Waals surface area contributed by atoms with E-state index in [1.165, 1.54) is 30.5 Å². The summed E-state index contributed by atoms with van der Waals surface area (Å²) in [6.07, 6.45) is 2.94. The highest BCUT2D eigenvalue weighted by Crippen LogP contribution is 2.30. The van der Waals surface area contributed by atoms with Crippen LogP contribution in [0.2, 0.25) is 10.0 Å². The van der Waals surface area contributed by atoms with Crippen LogP contribution in [-0.4, -0.2) is 32.1 Å². The lowest BCUT2D eigenvalue weighted by molar-refractivity contribution is -0.448. The molecule has 0 saturated carbocycles. The smallest absolute Gasteiger partial charge is 0.328 e.